The molecule has 4 nitrogen and oxygen atoms in total. The monoisotopic (exact) mass is 275 g/mol. The molecule has 4 heteroatoms. The number of nitrogens with zero attached hydrogens (tertiary/aromatic N) is 1. The summed E-state index contributed by atoms with van der Waals surface area (Å²) in [5.74, 6) is 0. The summed E-state index contributed by atoms with van der Waals surface area (Å²) in [6, 6.07) is 7.77. The van der Waals surface area contributed by atoms with E-state index in [0.717, 1.165) is 16.5 Å². The second-order valence-electron chi connectivity index (χ2n) is 4.92. The van der Waals surface area contributed by atoms with Gasteiger partial charge in [-0.25, -0.2) is 0 Å². The van der Waals surface area contributed by atoms with Gasteiger partial charge in [0.1, 0.15) is 0 Å². The van der Waals surface area contributed by atoms with Gasteiger partial charge in [-0.15, -0.1) is 0 Å². The number of hydrogen-bond acceptors (Lipinski definition) is 3. The van der Waals surface area contributed by atoms with Crippen LogP contribution in [0.2, 0.25) is 0 Å². The molecule has 1 aromatic carbocycles. The fourth-order valence-electron chi connectivity index (χ4n) is 2.38. The van der Waals surface area contributed by atoms with Crippen LogP contribution in [0.4, 0.5) is 0 Å². The van der Waals surface area contributed by atoms with E-state index in [-0.39, 0.29) is 5.56 Å². The lowest BCUT2D eigenvalue weighted by molar-refractivity contribution is -0.127. The van der Waals surface area contributed by atoms with Crippen molar-refractivity contribution in [3.63, 3.8) is 0 Å². The van der Waals surface area contributed by atoms with Crippen molar-refractivity contribution < 1.29 is 9.47 Å². The minimum Gasteiger partial charge on any atom is -0.354 e. The number of rotatable bonds is 5. The van der Waals surface area contributed by atoms with Gasteiger partial charge in [0, 0.05) is 25.2 Å². The lowest BCUT2D eigenvalue weighted by Gasteiger charge is -2.19. The number of benzene rings is 1. The summed E-state index contributed by atoms with van der Waals surface area (Å²) in [5.41, 5.74) is 3.07. The molecule has 0 saturated heterocycles. The molecule has 0 bridgehead atoms. The van der Waals surface area contributed by atoms with E-state index in [9.17, 15) is 4.79 Å². The predicted molar refractivity (Wildman–Crippen MR) is 80.1 cm³/mol. The molecule has 20 heavy (non-hydrogen) atoms. The molecule has 0 aliphatic rings. The number of pyridine rings is 1. The summed E-state index contributed by atoms with van der Waals surface area (Å²) in [6.07, 6.45) is -0.412. The van der Waals surface area contributed by atoms with Gasteiger partial charge in [0.05, 0.1) is 12.1 Å². The summed E-state index contributed by atoms with van der Waals surface area (Å²) in [5, 5.41) is 1.09. The molecular weight excluding hydrogens is 254 g/mol. The average molecular weight is 275 g/mol. The zero-order valence-corrected chi connectivity index (χ0v) is 12.5. The summed E-state index contributed by atoms with van der Waals surface area (Å²) in [7, 11) is 1.59. The van der Waals surface area contributed by atoms with Crippen LogP contribution in [0.5, 0.6) is 0 Å². The highest BCUT2D eigenvalue weighted by molar-refractivity contribution is 5.83. The van der Waals surface area contributed by atoms with E-state index in [1.807, 2.05) is 32.9 Å². The molecule has 108 valence electrons. The van der Waals surface area contributed by atoms with Crippen LogP contribution in [0.25, 0.3) is 10.9 Å². The number of methoxy groups -OCH3 is 1. The van der Waals surface area contributed by atoms with Gasteiger partial charge in [-0.3, -0.25) is 4.79 Å². The van der Waals surface area contributed by atoms with Gasteiger partial charge >= 0.3 is 0 Å². The minimum atomic E-state index is -0.412. The largest absolute Gasteiger partial charge is 0.354 e. The van der Waals surface area contributed by atoms with E-state index in [1.54, 1.807) is 17.7 Å². The van der Waals surface area contributed by atoms with Crippen molar-refractivity contribution in [2.75, 3.05) is 13.7 Å². The van der Waals surface area contributed by atoms with Crippen molar-refractivity contribution in [2.45, 2.75) is 33.6 Å². The van der Waals surface area contributed by atoms with Crippen LogP contribution in [0.1, 0.15) is 18.1 Å². The lowest BCUT2D eigenvalue weighted by Crippen LogP contribution is -2.29. The molecule has 0 fully saturated rings. The molecule has 0 amide bonds. The van der Waals surface area contributed by atoms with Gasteiger partial charge in [0.2, 0.25) is 0 Å². The maximum Gasteiger partial charge on any atom is 0.251 e. The summed E-state index contributed by atoms with van der Waals surface area (Å²) in [4.78, 5) is 12.2. The molecule has 2 aromatic rings. The van der Waals surface area contributed by atoms with Crippen LogP contribution in [-0.4, -0.2) is 24.6 Å². The summed E-state index contributed by atoms with van der Waals surface area (Å²) in [6.45, 7) is 6.86. The van der Waals surface area contributed by atoms with E-state index in [0.29, 0.717) is 13.2 Å². The molecule has 0 radical (unpaired) electrons. The Bertz CT molecular complexity index is 661. The van der Waals surface area contributed by atoms with Gasteiger partial charge in [0.25, 0.3) is 5.56 Å². The summed E-state index contributed by atoms with van der Waals surface area (Å²) < 4.78 is 12.5. The molecule has 0 spiro atoms. The highest BCUT2D eigenvalue weighted by Gasteiger charge is 2.12. The van der Waals surface area contributed by atoms with Gasteiger partial charge in [-0.05, 0) is 38.5 Å². The van der Waals surface area contributed by atoms with Crippen LogP contribution < -0.4 is 5.56 Å². The van der Waals surface area contributed by atoms with E-state index in [1.165, 1.54) is 5.56 Å². The maximum atomic E-state index is 12.2. The van der Waals surface area contributed by atoms with Gasteiger partial charge in [-0.2, -0.15) is 0 Å². The number of aromatic nitrogens is 1. The molecule has 1 unspecified atom stereocenters. The van der Waals surface area contributed by atoms with E-state index in [2.05, 4.69) is 6.07 Å². The SMILES string of the molecule is CCOC(Cn1c(=O)cc(C)c2cc(C)ccc21)OC. The average Bonchev–Trinajstić information content (AvgIpc) is 2.42. The molecule has 1 aromatic heterocycles. The highest BCUT2D eigenvalue weighted by atomic mass is 16.7. The first-order chi connectivity index (χ1) is 9.56. The molecular formula is C16H21NO3. The third kappa shape index (κ3) is 2.92. The first kappa shape index (κ1) is 14.8. The maximum absolute atomic E-state index is 12.2. The normalized spacial score (nSPS) is 12.8. The van der Waals surface area contributed by atoms with Crippen molar-refractivity contribution in [2.24, 2.45) is 0 Å². The Morgan fingerprint density at radius 3 is 2.65 bits per heavy atom. The van der Waals surface area contributed by atoms with E-state index < -0.39 is 6.29 Å². The molecule has 0 aliphatic carbocycles. The van der Waals surface area contributed by atoms with E-state index >= 15 is 0 Å². The fourth-order valence-corrected chi connectivity index (χ4v) is 2.38. The second-order valence-corrected chi connectivity index (χ2v) is 4.92. The Kier molecular flexibility index (Phi) is 4.57. The molecule has 0 aliphatic heterocycles. The number of fused-ring (bicyclic) bond motifs is 1. The van der Waals surface area contributed by atoms with Crippen LogP contribution in [0, 0.1) is 13.8 Å². The first-order valence-electron chi connectivity index (χ1n) is 6.82. The standard InChI is InChI=1S/C16H21NO3/c1-5-20-16(19-4)10-17-14-7-6-11(2)8-13(14)12(3)9-15(17)18/h6-9,16H,5,10H2,1-4H3. The Morgan fingerprint density at radius 1 is 1.25 bits per heavy atom. The third-order valence-electron chi connectivity index (χ3n) is 3.42. The van der Waals surface area contributed by atoms with Gasteiger partial charge < -0.3 is 14.0 Å². The molecule has 2 rings (SSSR count). The van der Waals surface area contributed by atoms with Gasteiger partial charge in [0.15, 0.2) is 6.29 Å². The second kappa shape index (κ2) is 6.20. The topological polar surface area (TPSA) is 40.5 Å². The van der Waals surface area contributed by atoms with Crippen molar-refractivity contribution in [1.29, 1.82) is 0 Å². The Morgan fingerprint density at radius 2 is 2.00 bits per heavy atom. The van der Waals surface area contributed by atoms with Crippen molar-refractivity contribution in [3.05, 3.63) is 45.7 Å². The molecule has 0 saturated carbocycles. The van der Waals surface area contributed by atoms with Crippen molar-refractivity contribution >= 4 is 10.9 Å². The first-order valence-corrected chi connectivity index (χ1v) is 6.82. The highest BCUT2D eigenvalue weighted by Crippen LogP contribution is 2.18. The number of aryl methyl sites for hydroxylation is 2. The molecule has 1 atom stereocenters. The predicted octanol–water partition coefficient (Wildman–Crippen LogP) is 2.63. The van der Waals surface area contributed by atoms with Crippen LogP contribution in [-0.2, 0) is 16.0 Å². The molecule has 1 heterocycles. The third-order valence-corrected chi connectivity index (χ3v) is 3.42. The Labute approximate surface area is 118 Å². The smallest absolute Gasteiger partial charge is 0.251 e. The zero-order chi connectivity index (χ0) is 14.7. The van der Waals surface area contributed by atoms with Gasteiger partial charge in [-0.1, -0.05) is 11.6 Å². The number of hydrogen-bond donors (Lipinski definition) is 0. The van der Waals surface area contributed by atoms with Crippen LogP contribution >= 0.6 is 0 Å². The quantitative estimate of drug-likeness (QED) is 0.788. The van der Waals surface area contributed by atoms with E-state index in [4.69, 9.17) is 9.47 Å². The zero-order valence-electron chi connectivity index (χ0n) is 12.5. The summed E-state index contributed by atoms with van der Waals surface area (Å²) >= 11 is 0. The lowest BCUT2D eigenvalue weighted by atomic mass is 10.1. The molecule has 0 N–H and O–H groups in total. The van der Waals surface area contributed by atoms with Crippen LogP contribution in [0.15, 0.2) is 29.1 Å². The minimum absolute atomic E-state index is 0.0272. The fraction of sp³-hybridized carbons (Fsp3) is 0.438. The van der Waals surface area contributed by atoms with Crippen LogP contribution in [0.3, 0.4) is 0 Å². The van der Waals surface area contributed by atoms with Crippen molar-refractivity contribution in [1.82, 2.24) is 4.57 Å². The Hall–Kier alpha value is -1.65. The number of ether oxygens (including phenoxy) is 2. The Balaban J connectivity index is 2.55. The van der Waals surface area contributed by atoms with Crippen molar-refractivity contribution in [3.8, 4) is 0 Å².